The Morgan fingerprint density at radius 3 is 2.40 bits per heavy atom. The average Bonchev–Trinajstić information content (AvgIpc) is 2.79. The van der Waals surface area contributed by atoms with Crippen LogP contribution in [0.1, 0.15) is 30.7 Å². The lowest BCUT2D eigenvalue weighted by molar-refractivity contribution is 0.319. The van der Waals surface area contributed by atoms with E-state index in [0.29, 0.717) is 11.5 Å². The second-order valence-corrected chi connectivity index (χ2v) is 7.71. The van der Waals surface area contributed by atoms with Gasteiger partial charge >= 0.3 is 0 Å². The fraction of sp³-hybridized carbons (Fsp3) is 0.280. The molecule has 0 radical (unpaired) electrons. The molecule has 2 aromatic carbocycles. The van der Waals surface area contributed by atoms with Gasteiger partial charge < -0.3 is 10.1 Å². The molecule has 0 saturated heterocycles. The number of hydrogen-bond donors (Lipinski definition) is 1. The molecule has 0 heterocycles. The van der Waals surface area contributed by atoms with Crippen molar-refractivity contribution < 1.29 is 4.74 Å². The number of nitrogens with one attached hydrogen (secondary N) is 1. The second-order valence-electron chi connectivity index (χ2n) is 7.71. The Kier molecular flexibility index (Phi) is 5.09. The van der Waals surface area contributed by atoms with Crippen molar-refractivity contribution in [3.63, 3.8) is 0 Å². The van der Waals surface area contributed by atoms with Gasteiger partial charge in [0.2, 0.25) is 0 Å². The number of para-hydroxylation sites is 1. The summed E-state index contributed by atoms with van der Waals surface area (Å²) in [5.41, 5.74) is -0.121. The van der Waals surface area contributed by atoms with Crippen LogP contribution in [-0.4, -0.2) is 5.71 Å². The Morgan fingerprint density at radius 1 is 0.967 bits per heavy atom. The monoisotopic (exact) mass is 392 g/mol. The van der Waals surface area contributed by atoms with Gasteiger partial charge in [-0.3, -0.25) is 0 Å². The van der Waals surface area contributed by atoms with Crippen LogP contribution in [0.25, 0.3) is 0 Å². The smallest absolute Gasteiger partial charge is 0.189 e. The van der Waals surface area contributed by atoms with Crippen LogP contribution in [0.5, 0.6) is 11.5 Å². The Hall–Kier alpha value is -3.88. The van der Waals surface area contributed by atoms with Gasteiger partial charge in [0.05, 0.1) is 23.9 Å². The molecule has 1 fully saturated rings. The number of ether oxygens (including phenoxy) is 1. The van der Waals surface area contributed by atoms with E-state index in [1.165, 1.54) is 0 Å². The number of fused-ring (bicyclic) bond motifs is 1. The molecule has 30 heavy (non-hydrogen) atoms. The third-order valence-electron chi connectivity index (χ3n) is 6.12. The van der Waals surface area contributed by atoms with Crippen molar-refractivity contribution in [2.45, 2.75) is 25.2 Å². The van der Waals surface area contributed by atoms with Crippen molar-refractivity contribution in [1.82, 2.24) is 0 Å². The number of hydrogen-bond acceptors (Lipinski definition) is 5. The molecule has 2 aromatic rings. The van der Waals surface area contributed by atoms with Gasteiger partial charge in [-0.15, -0.1) is 0 Å². The molecule has 0 bridgehead atoms. The molecule has 1 saturated carbocycles. The second kappa shape index (κ2) is 7.86. The van der Waals surface area contributed by atoms with Crippen molar-refractivity contribution in [3.05, 3.63) is 71.8 Å². The van der Waals surface area contributed by atoms with Gasteiger partial charge in [-0.2, -0.15) is 15.8 Å². The van der Waals surface area contributed by atoms with E-state index >= 15 is 0 Å². The minimum absolute atomic E-state index is 0.112. The van der Waals surface area contributed by atoms with E-state index < -0.39 is 17.3 Å². The SMILES string of the molecule is N#C[C@@H]1C(=N)C(C#N)(C#N)[C@H](c2cccc(Oc3ccccc3)c2)[C@H]2CCCC=C12. The maximum Gasteiger partial charge on any atom is 0.189 e. The first-order chi connectivity index (χ1) is 14.6. The Morgan fingerprint density at radius 2 is 1.70 bits per heavy atom. The summed E-state index contributed by atoms with van der Waals surface area (Å²) in [7, 11) is 0. The van der Waals surface area contributed by atoms with Crippen molar-refractivity contribution >= 4 is 5.71 Å². The highest BCUT2D eigenvalue weighted by Crippen LogP contribution is 2.55. The van der Waals surface area contributed by atoms with Gasteiger partial charge in [0.15, 0.2) is 5.41 Å². The topological polar surface area (TPSA) is 104 Å². The van der Waals surface area contributed by atoms with Crippen LogP contribution in [-0.2, 0) is 0 Å². The summed E-state index contributed by atoms with van der Waals surface area (Å²) in [6.07, 6.45) is 4.61. The number of benzene rings is 2. The Bertz CT molecular complexity index is 1120. The van der Waals surface area contributed by atoms with Crippen LogP contribution in [0.2, 0.25) is 0 Å². The predicted molar refractivity (Wildman–Crippen MR) is 112 cm³/mol. The van der Waals surface area contributed by atoms with Crippen LogP contribution < -0.4 is 4.74 Å². The normalized spacial score (nSPS) is 24.4. The van der Waals surface area contributed by atoms with E-state index in [1.54, 1.807) is 0 Å². The zero-order valence-corrected chi connectivity index (χ0v) is 16.4. The highest BCUT2D eigenvalue weighted by Gasteiger charge is 2.57. The molecule has 0 spiro atoms. The van der Waals surface area contributed by atoms with E-state index in [4.69, 9.17) is 10.1 Å². The fourth-order valence-electron chi connectivity index (χ4n) is 4.78. The van der Waals surface area contributed by atoms with E-state index in [-0.39, 0.29) is 11.6 Å². The molecule has 1 N–H and O–H groups in total. The molecule has 4 rings (SSSR count). The van der Waals surface area contributed by atoms with E-state index in [2.05, 4.69) is 18.2 Å². The number of allylic oxidation sites excluding steroid dienone is 2. The molecule has 5 heteroatoms. The first-order valence-corrected chi connectivity index (χ1v) is 9.98. The summed E-state index contributed by atoms with van der Waals surface area (Å²) in [5, 5.41) is 38.5. The summed E-state index contributed by atoms with van der Waals surface area (Å²) in [6, 6.07) is 23.3. The Labute approximate surface area is 176 Å². The molecule has 2 aliphatic rings. The zero-order valence-electron chi connectivity index (χ0n) is 16.4. The first-order valence-electron chi connectivity index (χ1n) is 9.98. The summed E-state index contributed by atoms with van der Waals surface area (Å²) < 4.78 is 5.96. The van der Waals surface area contributed by atoms with Gasteiger partial charge in [0, 0.05) is 5.92 Å². The van der Waals surface area contributed by atoms with Crippen molar-refractivity contribution in [1.29, 1.82) is 21.2 Å². The molecule has 3 atom stereocenters. The zero-order chi connectivity index (χ0) is 21.1. The minimum atomic E-state index is -1.68. The van der Waals surface area contributed by atoms with Crippen LogP contribution in [0.15, 0.2) is 66.2 Å². The standard InChI is InChI=1S/C25H20N4O/c26-14-22-20-11-4-5-12-21(20)23(25(15-27,16-28)24(22)29)17-7-6-10-19(13-17)30-18-8-2-1-3-9-18/h1-3,6-11,13,21-23,29H,4-5,12H2/t21-,22-,23+/m0/s1. The van der Waals surface area contributed by atoms with Crippen LogP contribution in [0.4, 0.5) is 0 Å². The maximum atomic E-state index is 10.1. The quantitative estimate of drug-likeness (QED) is 0.697. The molecule has 0 aromatic heterocycles. The van der Waals surface area contributed by atoms with Crippen molar-refractivity contribution in [2.75, 3.05) is 0 Å². The maximum absolute atomic E-state index is 10.1. The van der Waals surface area contributed by atoms with Gasteiger partial charge in [0.1, 0.15) is 17.4 Å². The molecule has 0 amide bonds. The fourth-order valence-corrected chi connectivity index (χ4v) is 4.78. The highest BCUT2D eigenvalue weighted by molar-refractivity contribution is 6.00. The van der Waals surface area contributed by atoms with E-state index in [1.807, 2.05) is 60.7 Å². The van der Waals surface area contributed by atoms with Gasteiger partial charge in [-0.25, -0.2) is 0 Å². The molecule has 0 unspecified atom stereocenters. The average molecular weight is 392 g/mol. The van der Waals surface area contributed by atoms with Crippen molar-refractivity contribution in [3.8, 4) is 29.7 Å². The van der Waals surface area contributed by atoms with Crippen LogP contribution in [0.3, 0.4) is 0 Å². The lowest BCUT2D eigenvalue weighted by Crippen LogP contribution is -2.48. The molecule has 146 valence electrons. The number of nitrogens with zero attached hydrogens (tertiary/aromatic N) is 3. The molecule has 2 aliphatic carbocycles. The van der Waals surface area contributed by atoms with Gasteiger partial charge in [-0.1, -0.05) is 36.4 Å². The van der Waals surface area contributed by atoms with Gasteiger partial charge in [-0.05, 0) is 60.6 Å². The van der Waals surface area contributed by atoms with E-state index in [0.717, 1.165) is 30.4 Å². The summed E-state index contributed by atoms with van der Waals surface area (Å²) in [6.45, 7) is 0. The summed E-state index contributed by atoms with van der Waals surface area (Å²) in [5.74, 6) is -0.145. The largest absolute Gasteiger partial charge is 0.457 e. The van der Waals surface area contributed by atoms with Crippen LogP contribution >= 0.6 is 0 Å². The minimum Gasteiger partial charge on any atom is -0.457 e. The number of nitriles is 3. The molecular formula is C25H20N4O. The molecule has 5 nitrogen and oxygen atoms in total. The van der Waals surface area contributed by atoms with Crippen LogP contribution in [0, 0.1) is 56.7 Å². The lowest BCUT2D eigenvalue weighted by Gasteiger charge is -2.45. The summed E-state index contributed by atoms with van der Waals surface area (Å²) in [4.78, 5) is 0. The third-order valence-corrected chi connectivity index (χ3v) is 6.12. The summed E-state index contributed by atoms with van der Waals surface area (Å²) >= 11 is 0. The highest BCUT2D eigenvalue weighted by atomic mass is 16.5. The molecule has 0 aliphatic heterocycles. The Balaban J connectivity index is 1.82. The van der Waals surface area contributed by atoms with E-state index in [9.17, 15) is 15.8 Å². The van der Waals surface area contributed by atoms with Crippen molar-refractivity contribution in [2.24, 2.45) is 17.3 Å². The predicted octanol–water partition coefficient (Wildman–Crippen LogP) is 5.50. The van der Waals surface area contributed by atoms with Gasteiger partial charge in [0.25, 0.3) is 0 Å². The third kappa shape index (κ3) is 3.04. The lowest BCUT2D eigenvalue weighted by atomic mass is 9.53. The number of rotatable bonds is 3. The molecular weight excluding hydrogens is 372 g/mol. The first kappa shape index (κ1) is 19.4.